The standard InChI is InChI=1S/C11H23N3O3S/c1-11(2,10(12)15)13-7-9-5-4-6-14(8-9)18(3,16)17/h9,13H,4-8H2,1-3H3,(H2,12,15). The van der Waals surface area contributed by atoms with E-state index in [1.54, 1.807) is 13.8 Å². The van der Waals surface area contributed by atoms with E-state index >= 15 is 0 Å². The number of nitrogens with one attached hydrogen (secondary N) is 1. The number of amides is 1. The molecule has 1 aliphatic heterocycles. The van der Waals surface area contributed by atoms with Crippen molar-refractivity contribution in [2.45, 2.75) is 32.2 Å². The van der Waals surface area contributed by atoms with Crippen molar-refractivity contribution in [3.63, 3.8) is 0 Å². The summed E-state index contributed by atoms with van der Waals surface area (Å²) in [5.41, 5.74) is 4.52. The van der Waals surface area contributed by atoms with Crippen LogP contribution in [-0.4, -0.2) is 50.1 Å². The molecule has 1 aliphatic rings. The second kappa shape index (κ2) is 5.54. The predicted octanol–water partition coefficient (Wildman–Crippen LogP) is -0.488. The average molecular weight is 277 g/mol. The predicted molar refractivity (Wildman–Crippen MR) is 70.4 cm³/mol. The molecule has 1 rings (SSSR count). The van der Waals surface area contributed by atoms with Crippen molar-refractivity contribution in [2.24, 2.45) is 11.7 Å². The van der Waals surface area contributed by atoms with Gasteiger partial charge in [-0.15, -0.1) is 0 Å². The lowest BCUT2D eigenvalue weighted by Gasteiger charge is -2.33. The number of piperidine rings is 1. The number of nitrogens with zero attached hydrogens (tertiary/aromatic N) is 1. The maximum atomic E-state index is 11.5. The highest BCUT2D eigenvalue weighted by atomic mass is 32.2. The van der Waals surface area contributed by atoms with Crippen molar-refractivity contribution in [1.82, 2.24) is 9.62 Å². The van der Waals surface area contributed by atoms with Crippen LogP contribution >= 0.6 is 0 Å². The molecule has 0 bridgehead atoms. The van der Waals surface area contributed by atoms with Gasteiger partial charge < -0.3 is 11.1 Å². The minimum Gasteiger partial charge on any atom is -0.368 e. The van der Waals surface area contributed by atoms with E-state index < -0.39 is 21.5 Å². The summed E-state index contributed by atoms with van der Waals surface area (Å²) in [6, 6.07) is 0. The summed E-state index contributed by atoms with van der Waals surface area (Å²) in [6.07, 6.45) is 3.06. The van der Waals surface area contributed by atoms with E-state index in [1.807, 2.05) is 0 Å². The first kappa shape index (κ1) is 15.4. The lowest BCUT2D eigenvalue weighted by Crippen LogP contribution is -2.53. The van der Waals surface area contributed by atoms with Crippen LogP contribution in [0.1, 0.15) is 26.7 Å². The molecular weight excluding hydrogens is 254 g/mol. The molecule has 0 aromatic rings. The van der Waals surface area contributed by atoms with Crippen LogP contribution in [0.4, 0.5) is 0 Å². The summed E-state index contributed by atoms with van der Waals surface area (Å²) in [5.74, 6) is -0.176. The lowest BCUT2D eigenvalue weighted by atomic mass is 9.97. The molecule has 0 aliphatic carbocycles. The van der Waals surface area contributed by atoms with E-state index in [1.165, 1.54) is 10.6 Å². The first-order valence-electron chi connectivity index (χ1n) is 6.13. The first-order chi connectivity index (χ1) is 8.13. The number of hydrogen-bond donors (Lipinski definition) is 2. The fourth-order valence-electron chi connectivity index (χ4n) is 1.98. The molecule has 0 spiro atoms. The van der Waals surface area contributed by atoms with E-state index in [0.29, 0.717) is 19.6 Å². The Hall–Kier alpha value is -0.660. The molecule has 1 unspecified atom stereocenters. The Morgan fingerprint density at radius 2 is 2.11 bits per heavy atom. The van der Waals surface area contributed by atoms with Crippen molar-refractivity contribution in [3.8, 4) is 0 Å². The molecule has 18 heavy (non-hydrogen) atoms. The highest BCUT2D eigenvalue weighted by Crippen LogP contribution is 2.18. The van der Waals surface area contributed by atoms with Gasteiger partial charge in [0.25, 0.3) is 0 Å². The molecule has 1 heterocycles. The van der Waals surface area contributed by atoms with Gasteiger partial charge in [0.15, 0.2) is 0 Å². The molecule has 3 N–H and O–H groups in total. The van der Waals surface area contributed by atoms with Gasteiger partial charge in [-0.3, -0.25) is 4.79 Å². The zero-order chi connectivity index (χ0) is 14.0. The SMILES string of the molecule is CC(C)(NCC1CCCN(S(C)(=O)=O)C1)C(N)=O. The van der Waals surface area contributed by atoms with Gasteiger partial charge >= 0.3 is 0 Å². The van der Waals surface area contributed by atoms with Gasteiger partial charge in [0.1, 0.15) is 0 Å². The molecule has 0 aromatic carbocycles. The Kier molecular flexibility index (Phi) is 4.74. The summed E-state index contributed by atoms with van der Waals surface area (Å²) in [6.45, 7) is 5.16. The summed E-state index contributed by atoms with van der Waals surface area (Å²) >= 11 is 0. The van der Waals surface area contributed by atoms with Gasteiger partial charge in [-0.25, -0.2) is 12.7 Å². The van der Waals surface area contributed by atoms with Crippen molar-refractivity contribution in [3.05, 3.63) is 0 Å². The molecule has 6 nitrogen and oxygen atoms in total. The Morgan fingerprint density at radius 3 is 2.61 bits per heavy atom. The molecule has 1 atom stereocenters. The monoisotopic (exact) mass is 277 g/mol. The molecule has 0 radical (unpaired) electrons. The van der Waals surface area contributed by atoms with Crippen molar-refractivity contribution in [2.75, 3.05) is 25.9 Å². The molecule has 7 heteroatoms. The van der Waals surface area contributed by atoms with E-state index in [-0.39, 0.29) is 5.92 Å². The quantitative estimate of drug-likeness (QED) is 0.709. The van der Waals surface area contributed by atoms with Crippen LogP contribution in [-0.2, 0) is 14.8 Å². The summed E-state index contributed by atoms with van der Waals surface area (Å²) in [5, 5.41) is 3.10. The Morgan fingerprint density at radius 1 is 1.50 bits per heavy atom. The van der Waals surface area contributed by atoms with Crippen LogP contribution in [0, 0.1) is 5.92 Å². The third kappa shape index (κ3) is 4.22. The van der Waals surface area contributed by atoms with E-state index in [4.69, 9.17) is 5.73 Å². The average Bonchev–Trinajstić information content (AvgIpc) is 2.25. The van der Waals surface area contributed by atoms with E-state index in [2.05, 4.69) is 5.32 Å². The second-order valence-electron chi connectivity index (χ2n) is 5.50. The highest BCUT2D eigenvalue weighted by molar-refractivity contribution is 7.88. The van der Waals surface area contributed by atoms with Crippen molar-refractivity contribution >= 4 is 15.9 Å². The summed E-state index contributed by atoms with van der Waals surface area (Å²) in [4.78, 5) is 11.2. The lowest BCUT2D eigenvalue weighted by molar-refractivity contribution is -0.123. The van der Waals surface area contributed by atoms with E-state index in [9.17, 15) is 13.2 Å². The third-order valence-electron chi connectivity index (χ3n) is 3.40. The second-order valence-corrected chi connectivity index (χ2v) is 7.48. The van der Waals surface area contributed by atoms with Crippen LogP contribution in [0.3, 0.4) is 0 Å². The van der Waals surface area contributed by atoms with Gasteiger partial charge in [0, 0.05) is 19.6 Å². The molecule has 0 saturated carbocycles. The van der Waals surface area contributed by atoms with Gasteiger partial charge in [0.2, 0.25) is 15.9 Å². The Balaban J connectivity index is 2.52. The fourth-order valence-corrected chi connectivity index (χ4v) is 2.92. The van der Waals surface area contributed by atoms with Gasteiger partial charge in [-0.2, -0.15) is 0 Å². The van der Waals surface area contributed by atoms with Crippen LogP contribution in [0.5, 0.6) is 0 Å². The summed E-state index contributed by atoms with van der Waals surface area (Å²) in [7, 11) is -3.11. The van der Waals surface area contributed by atoms with Gasteiger partial charge in [-0.1, -0.05) is 0 Å². The van der Waals surface area contributed by atoms with Gasteiger partial charge in [0.05, 0.1) is 11.8 Å². The molecule has 1 saturated heterocycles. The minimum atomic E-state index is -3.11. The highest BCUT2D eigenvalue weighted by Gasteiger charge is 2.29. The number of nitrogens with two attached hydrogens (primary N) is 1. The number of primary amides is 1. The molecule has 106 valence electrons. The zero-order valence-electron chi connectivity index (χ0n) is 11.3. The number of carbonyl (C=O) groups excluding carboxylic acids is 1. The van der Waals surface area contributed by atoms with Crippen LogP contribution in [0.25, 0.3) is 0 Å². The van der Waals surface area contributed by atoms with Crippen LogP contribution in [0.15, 0.2) is 0 Å². The van der Waals surface area contributed by atoms with Crippen molar-refractivity contribution in [1.29, 1.82) is 0 Å². The maximum Gasteiger partial charge on any atom is 0.237 e. The van der Waals surface area contributed by atoms with Crippen LogP contribution in [0.2, 0.25) is 0 Å². The summed E-state index contributed by atoms with van der Waals surface area (Å²) < 4.78 is 24.4. The zero-order valence-corrected chi connectivity index (χ0v) is 12.1. The number of sulfonamides is 1. The van der Waals surface area contributed by atoms with Gasteiger partial charge in [-0.05, 0) is 32.6 Å². The third-order valence-corrected chi connectivity index (χ3v) is 4.67. The number of carbonyl (C=O) groups is 1. The maximum absolute atomic E-state index is 11.5. The Labute approximate surface area is 109 Å². The smallest absolute Gasteiger partial charge is 0.237 e. The molecule has 1 fully saturated rings. The first-order valence-corrected chi connectivity index (χ1v) is 7.98. The minimum absolute atomic E-state index is 0.229. The number of hydrogen-bond acceptors (Lipinski definition) is 4. The fraction of sp³-hybridized carbons (Fsp3) is 0.909. The molecule has 0 aromatic heterocycles. The molecular formula is C11H23N3O3S. The largest absolute Gasteiger partial charge is 0.368 e. The normalized spacial score (nSPS) is 22.9. The molecule has 1 amide bonds. The topological polar surface area (TPSA) is 92.5 Å². The van der Waals surface area contributed by atoms with Crippen molar-refractivity contribution < 1.29 is 13.2 Å². The van der Waals surface area contributed by atoms with Crippen LogP contribution < -0.4 is 11.1 Å². The number of rotatable bonds is 5. The Bertz CT molecular complexity index is 406. The van der Waals surface area contributed by atoms with E-state index in [0.717, 1.165) is 12.8 Å².